The lowest BCUT2D eigenvalue weighted by molar-refractivity contribution is -0.157. The fraction of sp³-hybridized carbons (Fsp3) is 0.625. The van der Waals surface area contributed by atoms with Crippen LogP contribution in [0.25, 0.3) is 0 Å². The summed E-state index contributed by atoms with van der Waals surface area (Å²) in [6.45, 7) is 9.60. The summed E-state index contributed by atoms with van der Waals surface area (Å²) in [4.78, 5) is 27.6. The standard InChI is InChI=1S/C24H33N3O5/c1-23(2,3)32-19(28)14-27-11-7-6-8-17(27)22(30)26-20-16-12-15(13-25)9-10-18(16)31-24(4,5)21(20)29/h9-10,12,17,20-21,29H,6-8,11,14H2,1-5H3,(H,26,30). The normalized spacial score (nSPS) is 25.1. The number of nitrogens with one attached hydrogen (secondary N) is 1. The van der Waals surface area contributed by atoms with Gasteiger partial charge in [-0.1, -0.05) is 6.42 Å². The van der Waals surface area contributed by atoms with E-state index in [2.05, 4.69) is 11.4 Å². The molecular formula is C24H33N3O5. The molecule has 0 bridgehead atoms. The molecular weight excluding hydrogens is 410 g/mol. The lowest BCUT2D eigenvalue weighted by Gasteiger charge is -2.43. The maximum absolute atomic E-state index is 13.3. The number of rotatable bonds is 4. The first kappa shape index (κ1) is 24.0. The molecule has 1 fully saturated rings. The van der Waals surface area contributed by atoms with Gasteiger partial charge in [0.25, 0.3) is 0 Å². The number of carbonyl (C=O) groups is 2. The number of nitriles is 1. The summed E-state index contributed by atoms with van der Waals surface area (Å²) in [5, 5.41) is 23.3. The fourth-order valence-corrected chi connectivity index (χ4v) is 4.29. The Bertz CT molecular complexity index is 915. The van der Waals surface area contributed by atoms with Crippen molar-refractivity contribution in [2.45, 2.75) is 83.3 Å². The first-order valence-corrected chi connectivity index (χ1v) is 11.1. The zero-order valence-corrected chi connectivity index (χ0v) is 19.5. The van der Waals surface area contributed by atoms with E-state index in [9.17, 15) is 20.0 Å². The third kappa shape index (κ3) is 5.40. The monoisotopic (exact) mass is 443 g/mol. The summed E-state index contributed by atoms with van der Waals surface area (Å²) < 4.78 is 11.4. The number of ether oxygens (including phenoxy) is 2. The van der Waals surface area contributed by atoms with E-state index in [-0.39, 0.29) is 18.4 Å². The van der Waals surface area contributed by atoms with Crippen molar-refractivity contribution < 1.29 is 24.2 Å². The summed E-state index contributed by atoms with van der Waals surface area (Å²) in [6.07, 6.45) is 1.37. The van der Waals surface area contributed by atoms with Crippen molar-refractivity contribution in [3.8, 4) is 11.8 Å². The van der Waals surface area contributed by atoms with E-state index in [1.54, 1.807) is 32.0 Å². The quantitative estimate of drug-likeness (QED) is 0.688. The Morgan fingerprint density at radius 1 is 1.34 bits per heavy atom. The van der Waals surface area contributed by atoms with Crippen LogP contribution in [0.3, 0.4) is 0 Å². The van der Waals surface area contributed by atoms with Gasteiger partial charge in [-0.3, -0.25) is 14.5 Å². The second kappa shape index (κ2) is 9.08. The third-order valence-electron chi connectivity index (χ3n) is 5.84. The van der Waals surface area contributed by atoms with Crippen molar-refractivity contribution >= 4 is 11.9 Å². The van der Waals surface area contributed by atoms with Crippen molar-refractivity contribution in [3.63, 3.8) is 0 Å². The number of likely N-dealkylation sites (tertiary alicyclic amines) is 1. The molecule has 0 saturated carbocycles. The molecule has 1 saturated heterocycles. The molecule has 2 aliphatic rings. The molecule has 32 heavy (non-hydrogen) atoms. The van der Waals surface area contributed by atoms with E-state index >= 15 is 0 Å². The first-order chi connectivity index (χ1) is 14.9. The molecule has 0 aromatic heterocycles. The lowest BCUT2D eigenvalue weighted by atomic mass is 9.85. The van der Waals surface area contributed by atoms with Crippen LogP contribution in [0.4, 0.5) is 0 Å². The Kier molecular flexibility index (Phi) is 6.82. The van der Waals surface area contributed by atoms with Crippen molar-refractivity contribution in [3.05, 3.63) is 29.3 Å². The van der Waals surface area contributed by atoms with Gasteiger partial charge in [-0.15, -0.1) is 0 Å². The molecule has 0 radical (unpaired) electrons. The molecule has 2 heterocycles. The molecule has 3 rings (SSSR count). The van der Waals surface area contributed by atoms with Crippen LogP contribution in [0.15, 0.2) is 18.2 Å². The maximum Gasteiger partial charge on any atom is 0.320 e. The number of benzene rings is 1. The van der Waals surface area contributed by atoms with Crippen LogP contribution in [-0.2, 0) is 14.3 Å². The van der Waals surface area contributed by atoms with Gasteiger partial charge >= 0.3 is 5.97 Å². The molecule has 2 aliphatic heterocycles. The topological polar surface area (TPSA) is 112 Å². The van der Waals surface area contributed by atoms with Crippen LogP contribution in [-0.4, -0.2) is 58.3 Å². The van der Waals surface area contributed by atoms with Gasteiger partial charge in [0.2, 0.25) is 5.91 Å². The van der Waals surface area contributed by atoms with Gasteiger partial charge < -0.3 is 19.9 Å². The molecule has 0 aliphatic carbocycles. The Hall–Kier alpha value is -2.63. The largest absolute Gasteiger partial charge is 0.485 e. The fourth-order valence-electron chi connectivity index (χ4n) is 4.29. The average Bonchev–Trinajstić information content (AvgIpc) is 2.69. The average molecular weight is 444 g/mol. The smallest absolute Gasteiger partial charge is 0.320 e. The Balaban J connectivity index is 1.81. The highest BCUT2D eigenvalue weighted by Crippen LogP contribution is 2.40. The van der Waals surface area contributed by atoms with Crippen molar-refractivity contribution in [2.75, 3.05) is 13.1 Å². The predicted octanol–water partition coefficient (Wildman–Crippen LogP) is 2.44. The van der Waals surface area contributed by atoms with Crippen LogP contribution in [0.2, 0.25) is 0 Å². The van der Waals surface area contributed by atoms with E-state index in [0.29, 0.717) is 29.8 Å². The first-order valence-electron chi connectivity index (χ1n) is 11.1. The highest BCUT2D eigenvalue weighted by atomic mass is 16.6. The van der Waals surface area contributed by atoms with Crippen molar-refractivity contribution in [1.29, 1.82) is 5.26 Å². The molecule has 3 unspecified atom stereocenters. The SMILES string of the molecule is CC(C)(C)OC(=O)CN1CCCCC1C(=O)NC1c2cc(C#N)ccc2OC(C)(C)C1O. The van der Waals surface area contributed by atoms with Crippen molar-refractivity contribution in [1.82, 2.24) is 10.2 Å². The van der Waals surface area contributed by atoms with Crippen LogP contribution in [0.5, 0.6) is 5.75 Å². The van der Waals surface area contributed by atoms with Gasteiger partial charge in [0.1, 0.15) is 23.1 Å². The molecule has 1 aromatic carbocycles. The number of carbonyl (C=O) groups excluding carboxylic acids is 2. The van der Waals surface area contributed by atoms with Gasteiger partial charge in [-0.05, 0) is 72.2 Å². The molecule has 8 heteroatoms. The van der Waals surface area contributed by atoms with E-state index < -0.39 is 29.4 Å². The minimum atomic E-state index is -1.02. The number of hydrogen-bond acceptors (Lipinski definition) is 7. The maximum atomic E-state index is 13.3. The van der Waals surface area contributed by atoms with Crippen LogP contribution in [0.1, 0.15) is 71.0 Å². The van der Waals surface area contributed by atoms with Crippen molar-refractivity contribution in [2.24, 2.45) is 0 Å². The molecule has 1 amide bonds. The molecule has 2 N–H and O–H groups in total. The number of aliphatic hydroxyl groups excluding tert-OH is 1. The highest BCUT2D eigenvalue weighted by molar-refractivity contribution is 5.83. The van der Waals surface area contributed by atoms with E-state index in [1.807, 2.05) is 25.7 Å². The van der Waals surface area contributed by atoms with Gasteiger partial charge in [-0.25, -0.2) is 0 Å². The molecule has 0 spiro atoms. The van der Waals surface area contributed by atoms with E-state index in [1.165, 1.54) is 0 Å². The second-order valence-corrected chi connectivity index (χ2v) is 10.1. The number of fused-ring (bicyclic) bond motifs is 1. The number of esters is 1. The van der Waals surface area contributed by atoms with Gasteiger partial charge in [0, 0.05) is 5.56 Å². The van der Waals surface area contributed by atoms with Crippen LogP contribution in [0, 0.1) is 11.3 Å². The summed E-state index contributed by atoms with van der Waals surface area (Å²) in [5.74, 6) is -0.101. The third-order valence-corrected chi connectivity index (χ3v) is 5.84. The minimum Gasteiger partial charge on any atom is -0.485 e. The zero-order chi connectivity index (χ0) is 23.7. The Morgan fingerprint density at radius 3 is 2.72 bits per heavy atom. The lowest BCUT2D eigenvalue weighted by Crippen LogP contribution is -2.57. The van der Waals surface area contributed by atoms with Crippen LogP contribution >= 0.6 is 0 Å². The number of nitrogens with zero attached hydrogens (tertiary/aromatic N) is 2. The molecule has 1 aromatic rings. The summed E-state index contributed by atoms with van der Waals surface area (Å²) in [6, 6.07) is 5.82. The minimum absolute atomic E-state index is 0.0341. The highest BCUT2D eigenvalue weighted by Gasteiger charge is 2.44. The Morgan fingerprint density at radius 2 is 2.06 bits per heavy atom. The van der Waals surface area contributed by atoms with E-state index in [0.717, 1.165) is 12.8 Å². The number of hydrogen-bond donors (Lipinski definition) is 2. The van der Waals surface area contributed by atoms with Crippen LogP contribution < -0.4 is 10.1 Å². The summed E-state index contributed by atoms with van der Waals surface area (Å²) in [5.41, 5.74) is -0.534. The van der Waals surface area contributed by atoms with Gasteiger partial charge in [-0.2, -0.15) is 5.26 Å². The number of amides is 1. The predicted molar refractivity (Wildman–Crippen MR) is 118 cm³/mol. The zero-order valence-electron chi connectivity index (χ0n) is 19.5. The van der Waals surface area contributed by atoms with E-state index in [4.69, 9.17) is 9.47 Å². The second-order valence-electron chi connectivity index (χ2n) is 10.1. The van der Waals surface area contributed by atoms with Gasteiger partial charge in [0.15, 0.2) is 0 Å². The van der Waals surface area contributed by atoms with Gasteiger partial charge in [0.05, 0.1) is 30.3 Å². The molecule has 3 atom stereocenters. The number of aliphatic hydroxyl groups is 1. The summed E-state index contributed by atoms with van der Waals surface area (Å²) >= 11 is 0. The number of piperidine rings is 1. The molecule has 174 valence electrons. The Labute approximate surface area is 189 Å². The summed E-state index contributed by atoms with van der Waals surface area (Å²) in [7, 11) is 0. The molecule has 8 nitrogen and oxygen atoms in total.